The maximum atomic E-state index is 10.7. The van der Waals surface area contributed by atoms with Crippen LogP contribution in [0, 0.1) is 0 Å². The lowest BCUT2D eigenvalue weighted by Crippen LogP contribution is -2.41. The molecule has 0 radical (unpaired) electrons. The van der Waals surface area contributed by atoms with Crippen molar-refractivity contribution < 1.29 is 14.6 Å². The average Bonchev–Trinajstić information content (AvgIpc) is 2.17. The van der Waals surface area contributed by atoms with E-state index in [2.05, 4.69) is 10.1 Å². The lowest BCUT2D eigenvalue weighted by Gasteiger charge is -2.25. The number of hydrogen-bond donors (Lipinski definition) is 2. The van der Waals surface area contributed by atoms with E-state index in [0.29, 0.717) is 19.4 Å². The van der Waals surface area contributed by atoms with Crippen LogP contribution in [0.25, 0.3) is 0 Å². The number of aliphatic hydroxyl groups is 1. The molecule has 0 aliphatic heterocycles. The predicted molar refractivity (Wildman–Crippen MR) is 50.4 cm³/mol. The third-order valence-electron chi connectivity index (χ3n) is 2.27. The van der Waals surface area contributed by atoms with Crippen LogP contribution in [-0.4, -0.2) is 36.9 Å². The van der Waals surface area contributed by atoms with E-state index in [1.165, 1.54) is 7.11 Å². The van der Waals surface area contributed by atoms with Gasteiger partial charge in [-0.15, -0.1) is 0 Å². The number of ether oxygens (including phenoxy) is 1. The molecule has 13 heavy (non-hydrogen) atoms. The zero-order chi connectivity index (χ0) is 10.3. The van der Waals surface area contributed by atoms with Crippen molar-refractivity contribution in [1.29, 1.82) is 0 Å². The third kappa shape index (κ3) is 4.85. The second-order valence-electron chi connectivity index (χ2n) is 3.11. The number of rotatable bonds is 6. The minimum absolute atomic E-state index is 0.152. The fraction of sp³-hybridized carbons (Fsp3) is 0.889. The quantitative estimate of drug-likeness (QED) is 0.590. The van der Waals surface area contributed by atoms with Crippen LogP contribution < -0.4 is 5.32 Å². The molecule has 0 heterocycles. The normalized spacial score (nSPS) is 11.4. The van der Waals surface area contributed by atoms with Crippen LogP contribution in [0.1, 0.15) is 26.7 Å². The first-order valence-corrected chi connectivity index (χ1v) is 4.58. The lowest BCUT2D eigenvalue weighted by molar-refractivity contribution is -0.139. The largest absolute Gasteiger partial charge is 0.468 e. The summed E-state index contributed by atoms with van der Waals surface area (Å²) in [5, 5.41) is 12.7. The Kier molecular flexibility index (Phi) is 5.66. The first-order valence-electron chi connectivity index (χ1n) is 4.58. The number of esters is 1. The van der Waals surface area contributed by atoms with Crippen LogP contribution >= 0.6 is 0 Å². The molecule has 0 unspecified atom stereocenters. The first-order chi connectivity index (χ1) is 6.08. The fourth-order valence-electron chi connectivity index (χ4n) is 0.969. The van der Waals surface area contributed by atoms with E-state index in [1.807, 2.05) is 13.8 Å². The minimum atomic E-state index is -0.700. The van der Waals surface area contributed by atoms with Gasteiger partial charge in [-0.05, 0) is 12.8 Å². The van der Waals surface area contributed by atoms with Gasteiger partial charge in [-0.2, -0.15) is 0 Å². The van der Waals surface area contributed by atoms with Gasteiger partial charge in [-0.1, -0.05) is 13.8 Å². The zero-order valence-corrected chi connectivity index (χ0v) is 8.59. The highest BCUT2D eigenvalue weighted by Gasteiger charge is 2.21. The molecule has 4 nitrogen and oxygen atoms in total. The van der Waals surface area contributed by atoms with E-state index in [1.54, 1.807) is 0 Å². The summed E-state index contributed by atoms with van der Waals surface area (Å²) in [6, 6.07) is 0. The van der Waals surface area contributed by atoms with Crippen LogP contribution in [0.15, 0.2) is 0 Å². The standard InChI is InChI=1S/C9H19NO3/c1-4-9(12,5-2)7-10-6-8(11)13-3/h10,12H,4-7H2,1-3H3. The summed E-state index contributed by atoms with van der Waals surface area (Å²) in [6.45, 7) is 4.42. The Morgan fingerprint density at radius 3 is 2.38 bits per heavy atom. The second-order valence-corrected chi connectivity index (χ2v) is 3.11. The van der Waals surface area contributed by atoms with Gasteiger partial charge >= 0.3 is 5.97 Å². The lowest BCUT2D eigenvalue weighted by atomic mass is 9.98. The highest BCUT2D eigenvalue weighted by atomic mass is 16.5. The molecule has 4 heteroatoms. The topological polar surface area (TPSA) is 58.6 Å². The molecule has 0 aliphatic rings. The molecule has 78 valence electrons. The van der Waals surface area contributed by atoms with Crippen LogP contribution in [0.2, 0.25) is 0 Å². The Morgan fingerprint density at radius 1 is 1.46 bits per heavy atom. The van der Waals surface area contributed by atoms with Crippen LogP contribution in [0.5, 0.6) is 0 Å². The fourth-order valence-corrected chi connectivity index (χ4v) is 0.969. The second kappa shape index (κ2) is 5.94. The van der Waals surface area contributed by atoms with E-state index < -0.39 is 5.60 Å². The van der Waals surface area contributed by atoms with Gasteiger partial charge < -0.3 is 15.2 Å². The number of carbonyl (C=O) groups excluding carboxylic acids is 1. The van der Waals surface area contributed by atoms with Gasteiger partial charge in [0, 0.05) is 6.54 Å². The van der Waals surface area contributed by atoms with Gasteiger partial charge in [0.05, 0.1) is 19.3 Å². The molecule has 0 aromatic rings. The first kappa shape index (κ1) is 12.4. The zero-order valence-electron chi connectivity index (χ0n) is 8.59. The molecule has 0 bridgehead atoms. The Bertz CT molecular complexity index is 155. The van der Waals surface area contributed by atoms with Crippen LogP contribution in [0.3, 0.4) is 0 Å². The molecular weight excluding hydrogens is 170 g/mol. The minimum Gasteiger partial charge on any atom is -0.468 e. The van der Waals surface area contributed by atoms with E-state index in [0.717, 1.165) is 0 Å². The Morgan fingerprint density at radius 2 is 2.00 bits per heavy atom. The molecule has 0 aromatic carbocycles. The van der Waals surface area contributed by atoms with Crippen LogP contribution in [-0.2, 0) is 9.53 Å². The molecule has 0 saturated carbocycles. The summed E-state index contributed by atoms with van der Waals surface area (Å²) >= 11 is 0. The summed E-state index contributed by atoms with van der Waals surface area (Å²) in [7, 11) is 1.34. The van der Waals surface area contributed by atoms with Gasteiger partial charge in [0.25, 0.3) is 0 Å². The predicted octanol–water partition coefficient (Wildman–Crippen LogP) is 0.300. The highest BCUT2D eigenvalue weighted by molar-refractivity contribution is 5.71. The van der Waals surface area contributed by atoms with Crippen molar-refractivity contribution in [2.24, 2.45) is 0 Å². The number of hydrogen-bond acceptors (Lipinski definition) is 4. The smallest absolute Gasteiger partial charge is 0.319 e. The summed E-state index contributed by atoms with van der Waals surface area (Å²) in [5.74, 6) is -0.311. The van der Waals surface area contributed by atoms with Crippen molar-refractivity contribution in [2.75, 3.05) is 20.2 Å². The van der Waals surface area contributed by atoms with Crippen molar-refractivity contribution in [3.05, 3.63) is 0 Å². The number of nitrogens with one attached hydrogen (secondary N) is 1. The summed E-state index contributed by atoms with van der Waals surface area (Å²) in [4.78, 5) is 10.7. The third-order valence-corrected chi connectivity index (χ3v) is 2.27. The van der Waals surface area contributed by atoms with Gasteiger partial charge in [0.1, 0.15) is 0 Å². The van der Waals surface area contributed by atoms with Crippen molar-refractivity contribution >= 4 is 5.97 Å². The Hall–Kier alpha value is -0.610. The van der Waals surface area contributed by atoms with E-state index in [9.17, 15) is 9.90 Å². The molecular formula is C9H19NO3. The van der Waals surface area contributed by atoms with Gasteiger partial charge in [0.15, 0.2) is 0 Å². The molecule has 0 atom stereocenters. The number of carbonyl (C=O) groups is 1. The monoisotopic (exact) mass is 189 g/mol. The Labute approximate surface area is 79.3 Å². The molecule has 0 amide bonds. The number of methoxy groups -OCH3 is 1. The summed E-state index contributed by atoms with van der Waals surface area (Å²) in [5.41, 5.74) is -0.700. The molecule has 0 saturated heterocycles. The van der Waals surface area contributed by atoms with Crippen LogP contribution in [0.4, 0.5) is 0 Å². The maximum Gasteiger partial charge on any atom is 0.319 e. The van der Waals surface area contributed by atoms with Gasteiger partial charge in [-0.25, -0.2) is 0 Å². The highest BCUT2D eigenvalue weighted by Crippen LogP contribution is 2.12. The molecule has 2 N–H and O–H groups in total. The van der Waals surface area contributed by atoms with E-state index in [-0.39, 0.29) is 12.5 Å². The molecule has 0 aliphatic carbocycles. The van der Waals surface area contributed by atoms with E-state index in [4.69, 9.17) is 0 Å². The van der Waals surface area contributed by atoms with Crippen molar-refractivity contribution in [3.63, 3.8) is 0 Å². The summed E-state index contributed by atoms with van der Waals surface area (Å²) in [6.07, 6.45) is 1.36. The average molecular weight is 189 g/mol. The van der Waals surface area contributed by atoms with Crippen molar-refractivity contribution in [2.45, 2.75) is 32.3 Å². The van der Waals surface area contributed by atoms with E-state index >= 15 is 0 Å². The summed E-state index contributed by atoms with van der Waals surface area (Å²) < 4.78 is 4.45. The molecule has 0 spiro atoms. The molecule has 0 aromatic heterocycles. The molecule has 0 rings (SSSR count). The van der Waals surface area contributed by atoms with Crippen molar-refractivity contribution in [3.8, 4) is 0 Å². The van der Waals surface area contributed by atoms with Gasteiger partial charge in [0.2, 0.25) is 0 Å². The Balaban J connectivity index is 3.67. The van der Waals surface area contributed by atoms with Crippen molar-refractivity contribution in [1.82, 2.24) is 5.32 Å². The SMILES string of the molecule is CCC(O)(CC)CNCC(=O)OC. The molecule has 0 fully saturated rings. The van der Waals surface area contributed by atoms with Gasteiger partial charge in [-0.3, -0.25) is 4.79 Å². The maximum absolute atomic E-state index is 10.7.